The molecular formula is C76H172O12. The third-order valence-electron chi connectivity index (χ3n) is 14.9. The van der Waals surface area contributed by atoms with Gasteiger partial charge in [0, 0.05) is 0 Å². The zero-order chi connectivity index (χ0) is 60.7. The minimum Gasteiger partial charge on any atom is -0.460 e. The minimum atomic E-state index is -0.372. The fourth-order valence-electron chi connectivity index (χ4n) is 6.29. The van der Waals surface area contributed by atoms with E-state index in [1.54, 1.807) is 0 Å². The minimum absolute atomic E-state index is 0. The van der Waals surface area contributed by atoms with Gasteiger partial charge in [-0.2, -0.15) is 0 Å². The molecule has 0 heterocycles. The molecule has 0 spiro atoms. The van der Waals surface area contributed by atoms with Crippen molar-refractivity contribution in [1.82, 2.24) is 0 Å². The zero-order valence-corrected chi connectivity index (χ0v) is 54.9. The summed E-state index contributed by atoms with van der Waals surface area (Å²) in [6.07, 6.45) is 18.0. The Morgan fingerprint density at radius 1 is 0.341 bits per heavy atom. The van der Waals surface area contributed by atoms with Crippen LogP contribution in [0.5, 0.6) is 0 Å². The molecule has 2 aliphatic carbocycles. The number of carbonyl (C=O) groups excluding carboxylic acids is 6. The third-order valence-corrected chi connectivity index (χ3v) is 14.9. The molecule has 4 unspecified atom stereocenters. The lowest BCUT2D eigenvalue weighted by molar-refractivity contribution is -0.169. The average molecular weight is 1280 g/mol. The van der Waals surface area contributed by atoms with E-state index in [0.29, 0.717) is 0 Å². The molecule has 2 fully saturated rings. The van der Waals surface area contributed by atoms with Crippen LogP contribution in [-0.4, -0.2) is 69.4 Å². The van der Waals surface area contributed by atoms with Crippen molar-refractivity contribution in [3.63, 3.8) is 0 Å². The van der Waals surface area contributed by atoms with Crippen LogP contribution in [-0.2, 0) is 57.2 Å². The van der Waals surface area contributed by atoms with Crippen LogP contribution in [0.15, 0.2) is 0 Å². The summed E-state index contributed by atoms with van der Waals surface area (Å²) in [7, 11) is 0. The maximum Gasteiger partial charge on any atom is 0.312 e. The number of rotatable bonds is 19. The Morgan fingerprint density at radius 2 is 0.602 bits per heavy atom. The molecular weight excluding hydrogens is 1100 g/mol. The first-order valence-corrected chi connectivity index (χ1v) is 29.8. The summed E-state index contributed by atoms with van der Waals surface area (Å²) < 4.78 is 32.4. The highest BCUT2D eigenvalue weighted by atomic mass is 16.6. The lowest BCUT2D eigenvalue weighted by Crippen LogP contribution is -2.38. The highest BCUT2D eigenvalue weighted by molar-refractivity contribution is 5.77. The predicted octanol–water partition coefficient (Wildman–Crippen LogP) is 25.3. The van der Waals surface area contributed by atoms with E-state index in [2.05, 4.69) is 13.8 Å². The number of hydrogen-bond acceptors (Lipinski definition) is 12. The Hall–Kier alpha value is -3.18. The van der Waals surface area contributed by atoms with Crippen molar-refractivity contribution in [3.8, 4) is 0 Å². The number of ether oxygens (including phenoxy) is 6. The highest BCUT2D eigenvalue weighted by Gasteiger charge is 2.36. The van der Waals surface area contributed by atoms with Gasteiger partial charge in [0.2, 0.25) is 0 Å². The molecule has 0 amide bonds. The van der Waals surface area contributed by atoms with Crippen molar-refractivity contribution < 1.29 is 57.2 Å². The Bertz CT molecular complexity index is 1630. The van der Waals surface area contributed by atoms with E-state index in [0.717, 1.165) is 83.5 Å². The van der Waals surface area contributed by atoms with Gasteiger partial charge in [-0.3, -0.25) is 28.8 Å². The lowest BCUT2D eigenvalue weighted by atomic mass is 9.82. The van der Waals surface area contributed by atoms with Crippen molar-refractivity contribution in [3.05, 3.63) is 0 Å². The van der Waals surface area contributed by atoms with Crippen molar-refractivity contribution in [2.45, 2.75) is 432 Å². The van der Waals surface area contributed by atoms with E-state index in [9.17, 15) is 28.8 Å². The van der Waals surface area contributed by atoms with E-state index in [1.165, 1.54) is 32.1 Å². The Labute approximate surface area is 557 Å². The van der Waals surface area contributed by atoms with Crippen LogP contribution in [0.4, 0.5) is 0 Å². The third kappa shape index (κ3) is 59.1. The maximum atomic E-state index is 11.8. The maximum absolute atomic E-state index is 11.8. The zero-order valence-electron chi connectivity index (χ0n) is 54.9. The van der Waals surface area contributed by atoms with Gasteiger partial charge < -0.3 is 28.4 Å². The summed E-state index contributed by atoms with van der Waals surface area (Å²) in [5.41, 5.74) is -2.34. The number of carbonyl (C=O) groups is 6. The fraction of sp³-hybridized carbons (Fsp3) is 0.921. The Kier molecular flexibility index (Phi) is 84.2. The Balaban J connectivity index is -0.0000000493. The van der Waals surface area contributed by atoms with Gasteiger partial charge in [-0.05, 0) is 213 Å². The molecule has 2 aliphatic rings. The summed E-state index contributed by atoms with van der Waals surface area (Å²) in [5, 5.41) is 0. The van der Waals surface area contributed by atoms with Gasteiger partial charge in [0.05, 0.1) is 34.5 Å². The first-order valence-electron chi connectivity index (χ1n) is 29.8. The van der Waals surface area contributed by atoms with Crippen LogP contribution in [0.3, 0.4) is 0 Å². The van der Waals surface area contributed by atoms with E-state index in [1.807, 2.05) is 180 Å². The molecule has 0 radical (unpaired) electrons. The molecule has 0 aromatic rings. The molecule has 0 aliphatic heterocycles. The van der Waals surface area contributed by atoms with Crippen LogP contribution in [0, 0.1) is 34.5 Å². The molecule has 0 aromatic heterocycles. The lowest BCUT2D eigenvalue weighted by Gasteiger charge is -2.36. The van der Waals surface area contributed by atoms with Crippen molar-refractivity contribution >= 4 is 35.8 Å². The van der Waals surface area contributed by atoms with E-state index < -0.39 is 0 Å². The average Bonchev–Trinajstić information content (AvgIpc) is 3.77. The van der Waals surface area contributed by atoms with Gasteiger partial charge in [0.25, 0.3) is 0 Å². The van der Waals surface area contributed by atoms with Crippen LogP contribution in [0.2, 0.25) is 0 Å². The van der Waals surface area contributed by atoms with E-state index in [4.69, 9.17) is 28.4 Å². The second kappa shape index (κ2) is 58.9. The second-order valence-electron chi connectivity index (χ2n) is 26.4. The van der Waals surface area contributed by atoms with Crippen molar-refractivity contribution in [2.75, 3.05) is 0 Å². The summed E-state index contributed by atoms with van der Waals surface area (Å²) >= 11 is 0. The van der Waals surface area contributed by atoms with Crippen molar-refractivity contribution in [2.24, 2.45) is 34.5 Å². The van der Waals surface area contributed by atoms with Crippen LogP contribution in [0.25, 0.3) is 0 Å². The normalized spacial score (nSPS) is 14.5. The molecule has 12 nitrogen and oxygen atoms in total. The first kappa shape index (κ1) is 126. The smallest absolute Gasteiger partial charge is 0.312 e. The van der Waals surface area contributed by atoms with Gasteiger partial charge in [-0.1, -0.05) is 186 Å². The van der Waals surface area contributed by atoms with E-state index >= 15 is 0 Å². The van der Waals surface area contributed by atoms with Crippen molar-refractivity contribution in [1.29, 1.82) is 0 Å². The van der Waals surface area contributed by atoms with E-state index in [-0.39, 0.29) is 193 Å². The van der Waals surface area contributed by atoms with Gasteiger partial charge in [0.15, 0.2) is 0 Å². The van der Waals surface area contributed by atoms with Gasteiger partial charge >= 0.3 is 35.8 Å². The summed E-state index contributed by atoms with van der Waals surface area (Å²) in [6, 6.07) is 0. The Morgan fingerprint density at radius 3 is 0.875 bits per heavy atom. The molecule has 2 saturated carbocycles. The molecule has 0 aromatic carbocycles. The first-order chi connectivity index (χ1) is 34.4. The molecule has 0 bridgehead atoms. The molecule has 2 rings (SSSR count). The summed E-state index contributed by atoms with van der Waals surface area (Å²) in [5.74, 6) is -0.255. The quantitative estimate of drug-likeness (QED) is 0.0892. The summed E-state index contributed by atoms with van der Waals surface area (Å²) in [4.78, 5) is 68.9. The van der Waals surface area contributed by atoms with Crippen LogP contribution < -0.4 is 0 Å². The SMILES string of the molecule is C.C.C.C.C.C.C.C.C.C.C.C.CCC(C)(C)C(=O)OC(C)(C)C.CCC(C)(C)OC(=O)C(C)(C)CC.CCC(C)C(=O)OC(C)(C)C.CCC(C)C(=O)OC(C)(C)CC.CCC(C)C(=O)OC1(C)CCCC1.CCC(C)C(=O)OC1(CC)CCCCC1. The van der Waals surface area contributed by atoms with Crippen LogP contribution >= 0.6 is 0 Å². The largest absolute Gasteiger partial charge is 0.460 e. The highest BCUT2D eigenvalue weighted by Crippen LogP contribution is 2.36. The molecule has 88 heavy (non-hydrogen) atoms. The van der Waals surface area contributed by atoms with Gasteiger partial charge in [0.1, 0.15) is 33.6 Å². The topological polar surface area (TPSA) is 158 Å². The standard InChI is InChI=1S/C13H24O2.C11H20O2.C11H22O2.2C10H20O2.C9H18O2.12CH4/c1-4-11(3)12(14)15-13(5-2)9-7-6-8-10-13;1-4-9(2)10(12)13-11(3)7-5-6-8-11;1-7-10(3,4)9(12)13-11(5,6)8-2;1-7-10(5,6)8(11)12-9(2,3)4;1-6-8(3)9(11)12-10(4,5)7-2;1-6-7(2)8(10)11-9(3,4)5;;;;;;;;;;;;/h11H,4-10H2,1-3H3;9H,4-8H2,1-3H3;7-8H2,1-6H3;7H2,1-6H3;8H,6-7H2,1-5H3;7H,6H2,1-5H3;12*1H4. The molecule has 548 valence electrons. The predicted molar refractivity (Wildman–Crippen MR) is 395 cm³/mol. The monoisotopic (exact) mass is 1280 g/mol. The molecule has 0 saturated heterocycles. The van der Waals surface area contributed by atoms with Crippen LogP contribution in [0.1, 0.15) is 399 Å². The second-order valence-corrected chi connectivity index (χ2v) is 26.4. The number of hydrogen-bond donors (Lipinski definition) is 0. The molecule has 4 atom stereocenters. The summed E-state index contributed by atoms with van der Waals surface area (Å²) in [6.45, 7) is 54.6. The molecule has 12 heteroatoms. The van der Waals surface area contributed by atoms with Gasteiger partial charge in [-0.15, -0.1) is 0 Å². The molecule has 0 N–H and O–H groups in total. The fourth-order valence-corrected chi connectivity index (χ4v) is 6.29. The number of esters is 6. The van der Waals surface area contributed by atoms with Gasteiger partial charge in [-0.25, -0.2) is 0 Å².